The molecule has 7 nitrogen and oxygen atoms in total. The standard InChI is InChI=1S/C20H23Cl2N5O2/c1-26-6-8-27(9-7-26)18-5-2-14(11-23-18)12-24-19(28)13-25-20(29)16-4-3-15(21)10-17(16)22/h2-5,10-11H,6-9,12-13H2,1H3,(H,24,28)(H,25,29). The minimum Gasteiger partial charge on any atom is -0.354 e. The van der Waals surface area contributed by atoms with Crippen molar-refractivity contribution in [1.82, 2.24) is 20.5 Å². The normalized spacial score (nSPS) is 14.5. The van der Waals surface area contributed by atoms with Gasteiger partial charge in [0, 0.05) is 43.9 Å². The molecule has 0 spiro atoms. The Morgan fingerprint density at radius 2 is 1.83 bits per heavy atom. The third kappa shape index (κ3) is 6.06. The molecular weight excluding hydrogens is 413 g/mol. The van der Waals surface area contributed by atoms with Crippen LogP contribution in [0.3, 0.4) is 0 Å². The van der Waals surface area contributed by atoms with E-state index in [4.69, 9.17) is 23.2 Å². The average molecular weight is 436 g/mol. The second-order valence-electron chi connectivity index (χ2n) is 6.90. The van der Waals surface area contributed by atoms with Gasteiger partial charge in [0.15, 0.2) is 0 Å². The molecule has 2 heterocycles. The molecule has 2 N–H and O–H groups in total. The van der Waals surface area contributed by atoms with E-state index >= 15 is 0 Å². The van der Waals surface area contributed by atoms with Crippen LogP contribution in [0, 0.1) is 0 Å². The number of anilines is 1. The fourth-order valence-electron chi connectivity index (χ4n) is 2.94. The quantitative estimate of drug-likeness (QED) is 0.726. The van der Waals surface area contributed by atoms with Crippen molar-refractivity contribution in [2.45, 2.75) is 6.54 Å². The molecule has 0 aliphatic carbocycles. The maximum Gasteiger partial charge on any atom is 0.253 e. The van der Waals surface area contributed by atoms with E-state index in [1.165, 1.54) is 12.1 Å². The summed E-state index contributed by atoms with van der Waals surface area (Å²) in [5, 5.41) is 5.99. The molecular formula is C20H23Cl2N5O2. The van der Waals surface area contributed by atoms with E-state index in [1.807, 2.05) is 12.1 Å². The Morgan fingerprint density at radius 1 is 1.07 bits per heavy atom. The SMILES string of the molecule is CN1CCN(c2ccc(CNC(=O)CNC(=O)c3ccc(Cl)cc3Cl)cn2)CC1. The third-order valence-electron chi connectivity index (χ3n) is 4.71. The Balaban J connectivity index is 1.44. The summed E-state index contributed by atoms with van der Waals surface area (Å²) in [5.74, 6) is 0.215. The predicted octanol–water partition coefficient (Wildman–Crippen LogP) is 2.19. The molecule has 0 bridgehead atoms. The minimum absolute atomic E-state index is 0.148. The van der Waals surface area contributed by atoms with Crippen molar-refractivity contribution in [3.05, 3.63) is 57.7 Å². The topological polar surface area (TPSA) is 77.6 Å². The van der Waals surface area contributed by atoms with Gasteiger partial charge in [-0.05, 0) is 36.9 Å². The van der Waals surface area contributed by atoms with Crippen molar-refractivity contribution in [2.75, 3.05) is 44.7 Å². The number of carbonyl (C=O) groups excluding carboxylic acids is 2. The molecule has 1 aliphatic rings. The fraction of sp³-hybridized carbons (Fsp3) is 0.350. The van der Waals surface area contributed by atoms with Crippen LogP contribution in [0.2, 0.25) is 10.0 Å². The van der Waals surface area contributed by atoms with E-state index in [9.17, 15) is 9.59 Å². The van der Waals surface area contributed by atoms with E-state index in [-0.39, 0.29) is 23.0 Å². The zero-order chi connectivity index (χ0) is 20.8. The molecule has 2 aromatic rings. The second-order valence-corrected chi connectivity index (χ2v) is 7.74. The van der Waals surface area contributed by atoms with Crippen molar-refractivity contribution < 1.29 is 9.59 Å². The lowest BCUT2D eigenvalue weighted by Gasteiger charge is -2.33. The Hall–Kier alpha value is -2.35. The summed E-state index contributed by atoms with van der Waals surface area (Å²) in [5.41, 5.74) is 1.16. The van der Waals surface area contributed by atoms with E-state index in [1.54, 1.807) is 12.3 Å². The number of hydrogen-bond acceptors (Lipinski definition) is 5. The van der Waals surface area contributed by atoms with Crippen molar-refractivity contribution in [1.29, 1.82) is 0 Å². The molecule has 0 saturated carbocycles. The monoisotopic (exact) mass is 435 g/mol. The highest BCUT2D eigenvalue weighted by molar-refractivity contribution is 6.36. The van der Waals surface area contributed by atoms with E-state index in [2.05, 4.69) is 32.5 Å². The van der Waals surface area contributed by atoms with Crippen molar-refractivity contribution in [3.8, 4) is 0 Å². The zero-order valence-corrected chi connectivity index (χ0v) is 17.6. The summed E-state index contributed by atoms with van der Waals surface area (Å²) in [6.45, 7) is 4.14. The number of amides is 2. The maximum atomic E-state index is 12.1. The van der Waals surface area contributed by atoms with Gasteiger partial charge in [0.25, 0.3) is 5.91 Å². The summed E-state index contributed by atoms with van der Waals surface area (Å²) in [7, 11) is 2.11. The Bertz CT molecular complexity index is 868. The smallest absolute Gasteiger partial charge is 0.253 e. The van der Waals surface area contributed by atoms with Gasteiger partial charge in [0.2, 0.25) is 5.91 Å². The van der Waals surface area contributed by atoms with Crippen LogP contribution in [0.1, 0.15) is 15.9 Å². The zero-order valence-electron chi connectivity index (χ0n) is 16.1. The molecule has 9 heteroatoms. The lowest BCUT2D eigenvalue weighted by molar-refractivity contribution is -0.120. The van der Waals surface area contributed by atoms with Crippen LogP contribution in [-0.2, 0) is 11.3 Å². The number of hydrogen-bond donors (Lipinski definition) is 2. The van der Waals surface area contributed by atoms with Crippen LogP contribution in [0.15, 0.2) is 36.5 Å². The van der Waals surface area contributed by atoms with Crippen LogP contribution in [0.4, 0.5) is 5.82 Å². The molecule has 1 saturated heterocycles. The first-order valence-corrected chi connectivity index (χ1v) is 10.1. The number of nitrogens with zero attached hydrogens (tertiary/aromatic N) is 3. The first-order valence-electron chi connectivity index (χ1n) is 9.31. The fourth-order valence-corrected chi connectivity index (χ4v) is 3.43. The first kappa shape index (κ1) is 21.4. The van der Waals surface area contributed by atoms with E-state index in [0.717, 1.165) is 37.6 Å². The average Bonchev–Trinajstić information content (AvgIpc) is 2.71. The highest BCUT2D eigenvalue weighted by atomic mass is 35.5. The van der Waals surface area contributed by atoms with Crippen LogP contribution >= 0.6 is 23.2 Å². The highest BCUT2D eigenvalue weighted by Crippen LogP contribution is 2.20. The molecule has 1 aliphatic heterocycles. The van der Waals surface area contributed by atoms with Crippen LogP contribution in [0.25, 0.3) is 0 Å². The molecule has 29 heavy (non-hydrogen) atoms. The number of pyridine rings is 1. The summed E-state index contributed by atoms with van der Waals surface area (Å²) in [4.78, 5) is 33.2. The van der Waals surface area contributed by atoms with Gasteiger partial charge in [-0.25, -0.2) is 4.98 Å². The number of carbonyl (C=O) groups is 2. The Kier molecular flexibility index (Phi) is 7.30. The number of likely N-dealkylation sites (N-methyl/N-ethyl adjacent to an activating group) is 1. The molecule has 0 radical (unpaired) electrons. The largest absolute Gasteiger partial charge is 0.354 e. The summed E-state index contributed by atoms with van der Waals surface area (Å²) in [6.07, 6.45) is 1.76. The molecule has 1 fully saturated rings. The lowest BCUT2D eigenvalue weighted by Crippen LogP contribution is -2.44. The molecule has 1 aromatic heterocycles. The van der Waals surface area contributed by atoms with Crippen molar-refractivity contribution in [3.63, 3.8) is 0 Å². The number of aromatic nitrogens is 1. The number of nitrogens with one attached hydrogen (secondary N) is 2. The van der Waals surface area contributed by atoms with Crippen molar-refractivity contribution in [2.24, 2.45) is 0 Å². The van der Waals surface area contributed by atoms with Gasteiger partial charge in [0.05, 0.1) is 17.1 Å². The molecule has 2 amide bonds. The molecule has 154 valence electrons. The molecule has 0 unspecified atom stereocenters. The molecule has 0 atom stereocenters. The third-order valence-corrected chi connectivity index (χ3v) is 5.26. The first-order chi connectivity index (χ1) is 13.9. The van der Waals surface area contributed by atoms with Crippen LogP contribution < -0.4 is 15.5 Å². The highest BCUT2D eigenvalue weighted by Gasteiger charge is 2.15. The Labute approximate surface area is 180 Å². The number of benzene rings is 1. The number of rotatable bonds is 6. The summed E-state index contributed by atoms with van der Waals surface area (Å²) in [6, 6.07) is 8.49. The van der Waals surface area contributed by atoms with Gasteiger partial charge in [-0.15, -0.1) is 0 Å². The number of piperazine rings is 1. The van der Waals surface area contributed by atoms with E-state index < -0.39 is 5.91 Å². The van der Waals surface area contributed by atoms with Crippen molar-refractivity contribution >= 4 is 40.8 Å². The predicted molar refractivity (Wildman–Crippen MR) is 115 cm³/mol. The van der Waals surface area contributed by atoms with Crippen LogP contribution in [-0.4, -0.2) is 61.5 Å². The second kappa shape index (κ2) is 9.91. The van der Waals surface area contributed by atoms with Gasteiger partial charge in [-0.2, -0.15) is 0 Å². The van der Waals surface area contributed by atoms with Gasteiger partial charge in [0.1, 0.15) is 5.82 Å². The number of halogens is 2. The molecule has 3 rings (SSSR count). The van der Waals surface area contributed by atoms with Crippen LogP contribution in [0.5, 0.6) is 0 Å². The Morgan fingerprint density at radius 3 is 2.48 bits per heavy atom. The van der Waals surface area contributed by atoms with Gasteiger partial charge >= 0.3 is 0 Å². The maximum absolute atomic E-state index is 12.1. The lowest BCUT2D eigenvalue weighted by atomic mass is 10.2. The summed E-state index contributed by atoms with van der Waals surface area (Å²) >= 11 is 11.8. The van der Waals surface area contributed by atoms with Gasteiger partial charge in [-0.1, -0.05) is 29.3 Å². The summed E-state index contributed by atoms with van der Waals surface area (Å²) < 4.78 is 0. The minimum atomic E-state index is -0.431. The van der Waals surface area contributed by atoms with Gasteiger partial charge < -0.3 is 20.4 Å². The van der Waals surface area contributed by atoms with Gasteiger partial charge in [-0.3, -0.25) is 9.59 Å². The van der Waals surface area contributed by atoms with E-state index in [0.29, 0.717) is 11.6 Å². The molecule has 1 aromatic carbocycles.